The molecule has 0 spiro atoms. The quantitative estimate of drug-likeness (QED) is 0.344. The monoisotopic (exact) mass is 403 g/mol. The van der Waals surface area contributed by atoms with E-state index in [-0.39, 0.29) is 22.8 Å². The molecule has 0 aromatic carbocycles. The highest BCUT2D eigenvalue weighted by Crippen LogP contribution is 2.22. The number of nitrogens with two attached hydrogens (primary N) is 2. The third kappa shape index (κ3) is 3.21. The summed E-state index contributed by atoms with van der Waals surface area (Å²) < 4.78 is 6.25. The molecule has 28 heavy (non-hydrogen) atoms. The molecule has 3 aromatic rings. The number of hydrogen-bond acceptors (Lipinski definition) is 11. The molecule has 1 aliphatic heterocycles. The van der Waals surface area contributed by atoms with E-state index in [4.69, 9.17) is 21.0 Å². The lowest BCUT2D eigenvalue weighted by molar-refractivity contribution is -0.170. The van der Waals surface area contributed by atoms with Gasteiger partial charge in [0.15, 0.2) is 22.4 Å². The van der Waals surface area contributed by atoms with Crippen molar-refractivity contribution in [2.45, 2.75) is 24.6 Å². The average molecular weight is 403 g/mol. The number of aromatic nitrogens is 5. The highest BCUT2D eigenvalue weighted by Gasteiger charge is 2.47. The third-order valence-corrected chi connectivity index (χ3v) is 4.51. The van der Waals surface area contributed by atoms with Gasteiger partial charge in [0.1, 0.15) is 18.5 Å². The molecule has 4 heterocycles. The van der Waals surface area contributed by atoms with Crippen molar-refractivity contribution < 1.29 is 24.6 Å². The van der Waals surface area contributed by atoms with Crippen molar-refractivity contribution in [1.82, 2.24) is 24.7 Å². The van der Waals surface area contributed by atoms with Crippen LogP contribution < -0.4 is 16.3 Å². The maximum absolute atomic E-state index is 11.3. The number of imidazole rings is 1. The Morgan fingerprint density at radius 3 is 2.79 bits per heavy atom. The number of rotatable bonds is 3. The molecule has 1 aliphatic rings. The van der Waals surface area contributed by atoms with Gasteiger partial charge in [-0.05, 0) is 11.8 Å². The number of nitrogen functional groups attached to an aromatic ring is 1. The van der Waals surface area contributed by atoms with E-state index in [1.807, 2.05) is 0 Å². The fourth-order valence-electron chi connectivity index (χ4n) is 2.51. The Bertz CT molecular complexity index is 1090. The Balaban J connectivity index is 1.64. The number of nitrogens with zero attached hydrogens (tertiary/aromatic N) is 5. The standard InChI is InChI=1S/C15H13N7O5S/c16-12-8-14(21-6(20-12)1-2-7-18-3-4-28-7)22(5-19-8)27-15-10(24)9(23)11(26-15)13(17)25/h3-5,9-11,15,23-24H,(H2,17,25)(H2,16,20,21)/t9-,10+,11-,15-/m0/s1. The van der Waals surface area contributed by atoms with Crippen LogP contribution in [0.1, 0.15) is 10.8 Å². The van der Waals surface area contributed by atoms with E-state index in [2.05, 4.69) is 31.8 Å². The van der Waals surface area contributed by atoms with Crippen molar-refractivity contribution in [2.75, 3.05) is 5.73 Å². The van der Waals surface area contributed by atoms with E-state index in [0.29, 0.717) is 5.01 Å². The normalized spacial score (nSPS) is 24.1. The van der Waals surface area contributed by atoms with Crippen LogP contribution in [0, 0.1) is 11.8 Å². The minimum atomic E-state index is -1.53. The zero-order valence-corrected chi connectivity index (χ0v) is 14.8. The zero-order chi connectivity index (χ0) is 19.8. The van der Waals surface area contributed by atoms with Crippen LogP contribution in [-0.2, 0) is 9.53 Å². The first-order chi connectivity index (χ1) is 13.4. The largest absolute Gasteiger partial charge is 0.387 e. The van der Waals surface area contributed by atoms with Gasteiger partial charge in [0, 0.05) is 11.6 Å². The van der Waals surface area contributed by atoms with Crippen LogP contribution in [0.3, 0.4) is 0 Å². The molecule has 0 bridgehead atoms. The number of fused-ring (bicyclic) bond motifs is 1. The number of thiazole rings is 1. The first kappa shape index (κ1) is 18.1. The van der Waals surface area contributed by atoms with Crippen molar-refractivity contribution >= 4 is 34.2 Å². The topological polar surface area (TPSA) is 185 Å². The van der Waals surface area contributed by atoms with E-state index in [1.54, 1.807) is 11.6 Å². The van der Waals surface area contributed by atoms with Crippen molar-refractivity contribution in [3.63, 3.8) is 0 Å². The summed E-state index contributed by atoms with van der Waals surface area (Å²) in [6.45, 7) is 0. The first-order valence-corrected chi connectivity index (χ1v) is 8.72. The lowest BCUT2D eigenvalue weighted by Crippen LogP contribution is -2.40. The summed E-state index contributed by atoms with van der Waals surface area (Å²) in [4.78, 5) is 33.1. The summed E-state index contributed by atoms with van der Waals surface area (Å²) in [6, 6.07) is 0. The van der Waals surface area contributed by atoms with E-state index >= 15 is 0 Å². The van der Waals surface area contributed by atoms with Gasteiger partial charge in [-0.15, -0.1) is 16.1 Å². The molecule has 4 atom stereocenters. The summed E-state index contributed by atoms with van der Waals surface area (Å²) in [6.07, 6.45) is -2.99. The molecule has 1 amide bonds. The van der Waals surface area contributed by atoms with Crippen molar-refractivity contribution in [1.29, 1.82) is 0 Å². The van der Waals surface area contributed by atoms with Gasteiger partial charge in [0.05, 0.1) is 0 Å². The first-order valence-electron chi connectivity index (χ1n) is 7.84. The molecule has 6 N–H and O–H groups in total. The second kappa shape index (κ2) is 7.02. The molecule has 0 unspecified atom stereocenters. The van der Waals surface area contributed by atoms with Gasteiger partial charge < -0.3 is 31.3 Å². The van der Waals surface area contributed by atoms with Gasteiger partial charge >= 0.3 is 0 Å². The van der Waals surface area contributed by atoms with Gasteiger partial charge in [-0.25, -0.2) is 15.0 Å². The molecule has 0 aliphatic carbocycles. The van der Waals surface area contributed by atoms with Crippen molar-refractivity contribution in [3.8, 4) is 11.8 Å². The molecule has 144 valence electrons. The molecule has 12 nitrogen and oxygen atoms in total. The summed E-state index contributed by atoms with van der Waals surface area (Å²) in [5.74, 6) is 4.79. The Labute approximate surface area is 160 Å². The van der Waals surface area contributed by atoms with Crippen LogP contribution in [-0.4, -0.2) is 65.4 Å². The molecular formula is C15H13N7O5S. The van der Waals surface area contributed by atoms with Gasteiger partial charge in [-0.2, -0.15) is 4.98 Å². The van der Waals surface area contributed by atoms with Crippen LogP contribution in [0.4, 0.5) is 5.82 Å². The zero-order valence-electron chi connectivity index (χ0n) is 14.0. The second-order valence-corrected chi connectivity index (χ2v) is 6.57. The summed E-state index contributed by atoms with van der Waals surface area (Å²) in [7, 11) is 0. The highest BCUT2D eigenvalue weighted by atomic mass is 32.1. The maximum atomic E-state index is 11.3. The van der Waals surface area contributed by atoms with Gasteiger partial charge in [0.25, 0.3) is 6.29 Å². The van der Waals surface area contributed by atoms with E-state index < -0.39 is 30.5 Å². The Kier molecular flexibility index (Phi) is 4.53. The van der Waals surface area contributed by atoms with Crippen molar-refractivity contribution in [2.24, 2.45) is 5.73 Å². The summed E-state index contributed by atoms with van der Waals surface area (Å²) in [5, 5.41) is 22.2. The van der Waals surface area contributed by atoms with Crippen LogP contribution in [0.5, 0.6) is 0 Å². The molecule has 0 radical (unpaired) electrons. The number of aliphatic hydroxyl groups is 2. The molecule has 3 aromatic heterocycles. The minimum Gasteiger partial charge on any atom is -0.387 e. The lowest BCUT2D eigenvalue weighted by atomic mass is 10.1. The number of carbonyl (C=O) groups is 1. The fourth-order valence-corrected chi connectivity index (χ4v) is 2.99. The molecule has 1 fully saturated rings. The molecule has 1 saturated heterocycles. The average Bonchev–Trinajstić information content (AvgIpc) is 3.37. The van der Waals surface area contributed by atoms with Gasteiger partial charge in [-0.3, -0.25) is 4.79 Å². The highest BCUT2D eigenvalue weighted by molar-refractivity contribution is 7.10. The van der Waals surface area contributed by atoms with E-state index in [0.717, 1.165) is 4.73 Å². The Morgan fingerprint density at radius 1 is 1.29 bits per heavy atom. The number of amides is 1. The predicted octanol–water partition coefficient (Wildman–Crippen LogP) is -2.37. The second-order valence-electron chi connectivity index (χ2n) is 5.68. The Hall–Kier alpha value is -3.31. The molecular weight excluding hydrogens is 390 g/mol. The minimum absolute atomic E-state index is 0.0683. The molecule has 13 heteroatoms. The predicted molar refractivity (Wildman–Crippen MR) is 94.3 cm³/mol. The Morgan fingerprint density at radius 2 is 2.11 bits per heavy atom. The molecule has 0 saturated carbocycles. The SMILES string of the molecule is NC(=O)[C@H]1O[C@@H](On2cnc3c(N)nc(C#Cc4nccs4)nc32)[C@H](O)[C@@H]1O. The summed E-state index contributed by atoms with van der Waals surface area (Å²) in [5.41, 5.74) is 11.4. The van der Waals surface area contributed by atoms with Gasteiger partial charge in [0.2, 0.25) is 17.4 Å². The number of ether oxygens (including phenoxy) is 1. The smallest absolute Gasteiger partial charge is 0.254 e. The number of hydrogen-bond donors (Lipinski definition) is 4. The number of aliphatic hydroxyl groups excluding tert-OH is 2. The van der Waals surface area contributed by atoms with Crippen LogP contribution in [0.2, 0.25) is 0 Å². The molecule has 4 rings (SSSR count). The van der Waals surface area contributed by atoms with E-state index in [1.165, 1.54) is 17.7 Å². The third-order valence-electron chi connectivity index (χ3n) is 3.82. The van der Waals surface area contributed by atoms with Crippen LogP contribution >= 0.6 is 11.3 Å². The van der Waals surface area contributed by atoms with Crippen LogP contribution in [0.15, 0.2) is 17.9 Å². The number of anilines is 1. The number of primary amides is 1. The van der Waals surface area contributed by atoms with Crippen molar-refractivity contribution in [3.05, 3.63) is 28.7 Å². The van der Waals surface area contributed by atoms with Crippen LogP contribution in [0.25, 0.3) is 11.2 Å². The number of carbonyl (C=O) groups excluding carboxylic acids is 1. The summed E-state index contributed by atoms with van der Waals surface area (Å²) >= 11 is 1.36. The van der Waals surface area contributed by atoms with Gasteiger partial charge in [-0.1, -0.05) is 0 Å². The van der Waals surface area contributed by atoms with E-state index in [9.17, 15) is 15.0 Å². The maximum Gasteiger partial charge on any atom is 0.254 e. The fraction of sp³-hybridized carbons (Fsp3) is 0.267. The lowest BCUT2D eigenvalue weighted by Gasteiger charge is -2.16.